The molecule has 0 aliphatic carbocycles. The number of pyridine rings is 1. The van der Waals surface area contributed by atoms with Crippen LogP contribution in [0.4, 0.5) is 0 Å². The van der Waals surface area contributed by atoms with Gasteiger partial charge in [0.1, 0.15) is 5.82 Å². The molecular weight excluding hydrogens is 306 g/mol. The zero-order valence-corrected chi connectivity index (χ0v) is 14.6. The van der Waals surface area contributed by atoms with E-state index in [9.17, 15) is 4.79 Å². The average Bonchev–Trinajstić information content (AvgIpc) is 3.12. The van der Waals surface area contributed by atoms with Crippen LogP contribution in [0.2, 0.25) is 0 Å². The van der Waals surface area contributed by atoms with E-state index < -0.39 is 0 Å². The summed E-state index contributed by atoms with van der Waals surface area (Å²) in [6.45, 7) is 6.30. The Morgan fingerprint density at radius 1 is 1.42 bits per heavy atom. The Morgan fingerprint density at radius 2 is 2.17 bits per heavy atom. The van der Waals surface area contributed by atoms with Crippen molar-refractivity contribution in [3.05, 3.63) is 41.2 Å². The predicted octanol–water partition coefficient (Wildman–Crippen LogP) is 2.66. The van der Waals surface area contributed by atoms with E-state index in [-0.39, 0.29) is 11.8 Å². The number of hydrogen-bond acceptors (Lipinski definition) is 5. The summed E-state index contributed by atoms with van der Waals surface area (Å²) in [5.41, 5.74) is 2.46. The van der Waals surface area contributed by atoms with Gasteiger partial charge in [-0.15, -0.1) is 0 Å². The van der Waals surface area contributed by atoms with Crippen LogP contribution in [0.1, 0.15) is 47.3 Å². The number of hydrogen-bond donors (Lipinski definition) is 0. The maximum absolute atomic E-state index is 13.0. The molecule has 3 rings (SSSR count). The minimum Gasteiger partial charge on any atom is -0.337 e. The average molecular weight is 327 g/mol. The second-order valence-corrected chi connectivity index (χ2v) is 6.31. The Kier molecular flexibility index (Phi) is 4.09. The smallest absolute Gasteiger partial charge is 0.259 e. The van der Waals surface area contributed by atoms with Crippen molar-refractivity contribution in [1.29, 1.82) is 0 Å². The van der Waals surface area contributed by atoms with Crippen LogP contribution in [0.5, 0.6) is 0 Å². The van der Waals surface area contributed by atoms with E-state index in [0.29, 0.717) is 28.9 Å². The fourth-order valence-corrected chi connectivity index (χ4v) is 2.62. The Morgan fingerprint density at radius 3 is 2.79 bits per heavy atom. The molecule has 0 N–H and O–H groups in total. The van der Waals surface area contributed by atoms with Gasteiger partial charge in [0.05, 0.1) is 23.2 Å². The van der Waals surface area contributed by atoms with Crippen molar-refractivity contribution in [2.24, 2.45) is 7.05 Å². The zero-order valence-electron chi connectivity index (χ0n) is 14.6. The number of carbonyl (C=O) groups is 1. The van der Waals surface area contributed by atoms with Crippen LogP contribution in [0, 0.1) is 6.92 Å². The van der Waals surface area contributed by atoms with Gasteiger partial charge in [0.2, 0.25) is 0 Å². The second-order valence-electron chi connectivity index (χ2n) is 6.31. The molecule has 0 atom stereocenters. The molecule has 3 aromatic rings. The highest BCUT2D eigenvalue weighted by Crippen LogP contribution is 2.26. The van der Waals surface area contributed by atoms with Gasteiger partial charge in [0.15, 0.2) is 0 Å². The lowest BCUT2D eigenvalue weighted by Gasteiger charge is -2.18. The maximum Gasteiger partial charge on any atom is 0.259 e. The summed E-state index contributed by atoms with van der Waals surface area (Å²) in [6, 6.07) is 1.84. The van der Waals surface area contributed by atoms with Crippen LogP contribution in [0.15, 0.2) is 23.0 Å². The van der Waals surface area contributed by atoms with Crippen molar-refractivity contribution < 1.29 is 9.32 Å². The van der Waals surface area contributed by atoms with Crippen LogP contribution in [-0.4, -0.2) is 37.5 Å². The fourth-order valence-electron chi connectivity index (χ4n) is 2.62. The first-order valence-corrected chi connectivity index (χ1v) is 7.87. The van der Waals surface area contributed by atoms with Crippen LogP contribution < -0.4 is 0 Å². The largest absolute Gasteiger partial charge is 0.337 e. The third kappa shape index (κ3) is 2.77. The number of nitrogens with zero attached hydrogens (tertiary/aromatic N) is 5. The number of aryl methyl sites for hydroxylation is 2. The van der Waals surface area contributed by atoms with Gasteiger partial charge in [-0.3, -0.25) is 4.79 Å². The molecule has 126 valence electrons. The number of rotatable bonds is 4. The molecule has 0 saturated heterocycles. The molecule has 7 heteroatoms. The molecule has 0 aliphatic rings. The molecule has 3 heterocycles. The quantitative estimate of drug-likeness (QED) is 0.736. The number of aromatic nitrogens is 4. The lowest BCUT2D eigenvalue weighted by molar-refractivity contribution is 0.0782. The van der Waals surface area contributed by atoms with E-state index in [1.807, 2.05) is 44.6 Å². The maximum atomic E-state index is 13.0. The summed E-state index contributed by atoms with van der Waals surface area (Å²) in [6.07, 6.45) is 3.58. The molecule has 0 aliphatic heterocycles. The van der Waals surface area contributed by atoms with Crippen molar-refractivity contribution in [1.82, 2.24) is 24.6 Å². The minimum atomic E-state index is -0.0985. The highest BCUT2D eigenvalue weighted by molar-refractivity contribution is 6.05. The van der Waals surface area contributed by atoms with Crippen molar-refractivity contribution in [2.75, 3.05) is 7.05 Å². The summed E-state index contributed by atoms with van der Waals surface area (Å²) in [5.74, 6) is 0.909. The molecule has 24 heavy (non-hydrogen) atoms. The van der Waals surface area contributed by atoms with Crippen LogP contribution >= 0.6 is 0 Å². The van der Waals surface area contributed by atoms with Crippen LogP contribution in [0.3, 0.4) is 0 Å². The number of fused-ring (bicyclic) bond motifs is 1. The van der Waals surface area contributed by atoms with Gasteiger partial charge in [0.25, 0.3) is 11.6 Å². The summed E-state index contributed by atoms with van der Waals surface area (Å²) in [5, 5.41) is 4.64. The van der Waals surface area contributed by atoms with Gasteiger partial charge in [-0.2, -0.15) is 0 Å². The topological polar surface area (TPSA) is 77.1 Å². The molecule has 0 bridgehead atoms. The Hall–Kier alpha value is -2.70. The van der Waals surface area contributed by atoms with Gasteiger partial charge in [-0.05, 0) is 18.9 Å². The third-order valence-corrected chi connectivity index (χ3v) is 4.11. The van der Waals surface area contributed by atoms with Gasteiger partial charge in [-0.25, -0.2) is 9.97 Å². The summed E-state index contributed by atoms with van der Waals surface area (Å²) < 4.78 is 7.19. The van der Waals surface area contributed by atoms with E-state index in [0.717, 1.165) is 11.5 Å². The monoisotopic (exact) mass is 327 g/mol. The summed E-state index contributed by atoms with van der Waals surface area (Å²) >= 11 is 0. The van der Waals surface area contributed by atoms with Gasteiger partial charge < -0.3 is 14.0 Å². The summed E-state index contributed by atoms with van der Waals surface area (Å²) in [4.78, 5) is 23.4. The molecule has 3 aromatic heterocycles. The predicted molar refractivity (Wildman–Crippen MR) is 89.6 cm³/mol. The lowest BCUT2D eigenvalue weighted by atomic mass is 10.0. The highest BCUT2D eigenvalue weighted by Gasteiger charge is 2.22. The van der Waals surface area contributed by atoms with E-state index in [1.165, 1.54) is 0 Å². The summed E-state index contributed by atoms with van der Waals surface area (Å²) in [7, 11) is 3.67. The first kappa shape index (κ1) is 16.2. The zero-order chi connectivity index (χ0) is 17.4. The van der Waals surface area contributed by atoms with Crippen LogP contribution in [0.25, 0.3) is 11.1 Å². The molecule has 0 spiro atoms. The second kappa shape index (κ2) is 6.07. The molecule has 7 nitrogen and oxygen atoms in total. The van der Waals surface area contributed by atoms with E-state index in [2.05, 4.69) is 15.1 Å². The fraction of sp³-hybridized carbons (Fsp3) is 0.412. The Labute approximate surface area is 140 Å². The van der Waals surface area contributed by atoms with Gasteiger partial charge in [0, 0.05) is 32.2 Å². The third-order valence-electron chi connectivity index (χ3n) is 4.11. The van der Waals surface area contributed by atoms with E-state index >= 15 is 0 Å². The standard InChI is InChI=1S/C17H21N5O2/c1-10(2)13-8-12(15-11(3)20-24-16(15)19-13)17(23)22(5)9-14-18-6-7-21(14)4/h6-8,10H,9H2,1-5H3. The first-order chi connectivity index (χ1) is 11.4. The van der Waals surface area contributed by atoms with Crippen molar-refractivity contribution >= 4 is 17.0 Å². The van der Waals surface area contributed by atoms with Gasteiger partial charge in [-0.1, -0.05) is 19.0 Å². The van der Waals surface area contributed by atoms with E-state index in [1.54, 1.807) is 18.1 Å². The molecular formula is C17H21N5O2. The van der Waals surface area contributed by atoms with Crippen molar-refractivity contribution in [2.45, 2.75) is 33.2 Å². The SMILES string of the molecule is Cc1noc2nc(C(C)C)cc(C(=O)N(C)Cc3nccn3C)c12. The number of carbonyl (C=O) groups excluding carboxylic acids is 1. The van der Waals surface area contributed by atoms with Crippen molar-refractivity contribution in [3.8, 4) is 0 Å². The molecule has 0 aromatic carbocycles. The number of amides is 1. The Bertz CT molecular complexity index is 894. The van der Waals surface area contributed by atoms with Crippen LogP contribution in [-0.2, 0) is 13.6 Å². The molecule has 1 amide bonds. The molecule has 0 radical (unpaired) electrons. The Balaban J connectivity index is 2.02. The first-order valence-electron chi connectivity index (χ1n) is 7.87. The number of imidazole rings is 1. The highest BCUT2D eigenvalue weighted by atomic mass is 16.5. The molecule has 0 saturated carbocycles. The normalized spacial score (nSPS) is 11.4. The minimum absolute atomic E-state index is 0.0985. The van der Waals surface area contributed by atoms with Crippen molar-refractivity contribution in [3.63, 3.8) is 0 Å². The van der Waals surface area contributed by atoms with Gasteiger partial charge >= 0.3 is 0 Å². The molecule has 0 unspecified atom stereocenters. The molecule has 0 fully saturated rings. The lowest BCUT2D eigenvalue weighted by Crippen LogP contribution is -2.28. The van der Waals surface area contributed by atoms with E-state index in [4.69, 9.17) is 4.52 Å².